The molecular formula is C18H33IN4OS. The van der Waals surface area contributed by atoms with Crippen LogP contribution in [0.1, 0.15) is 24.6 Å². The maximum absolute atomic E-state index is 5.39. The quantitative estimate of drug-likeness (QED) is 0.256. The Morgan fingerprint density at radius 2 is 2.16 bits per heavy atom. The molecule has 1 saturated heterocycles. The van der Waals surface area contributed by atoms with E-state index in [9.17, 15) is 0 Å². The van der Waals surface area contributed by atoms with Crippen molar-refractivity contribution in [2.45, 2.75) is 26.2 Å². The van der Waals surface area contributed by atoms with Gasteiger partial charge in [-0.3, -0.25) is 9.89 Å². The van der Waals surface area contributed by atoms with Crippen LogP contribution < -0.4 is 5.32 Å². The van der Waals surface area contributed by atoms with E-state index in [0.29, 0.717) is 0 Å². The van der Waals surface area contributed by atoms with E-state index in [2.05, 4.69) is 46.6 Å². The molecule has 1 fully saturated rings. The van der Waals surface area contributed by atoms with Gasteiger partial charge in [-0.2, -0.15) is 0 Å². The van der Waals surface area contributed by atoms with Gasteiger partial charge in [-0.15, -0.1) is 35.3 Å². The molecule has 0 atom stereocenters. The highest BCUT2D eigenvalue weighted by Crippen LogP contribution is 2.09. The maximum Gasteiger partial charge on any atom is 0.193 e. The van der Waals surface area contributed by atoms with Gasteiger partial charge in [-0.1, -0.05) is 6.07 Å². The van der Waals surface area contributed by atoms with E-state index < -0.39 is 0 Å². The molecule has 1 aliphatic heterocycles. The molecule has 7 heteroatoms. The van der Waals surface area contributed by atoms with Gasteiger partial charge in [0.15, 0.2) is 5.96 Å². The molecule has 0 amide bonds. The number of nitrogens with zero attached hydrogens (tertiary/aromatic N) is 3. The lowest BCUT2D eigenvalue weighted by Gasteiger charge is -2.26. The van der Waals surface area contributed by atoms with Gasteiger partial charge in [0.25, 0.3) is 0 Å². The van der Waals surface area contributed by atoms with Crippen molar-refractivity contribution >= 4 is 41.3 Å². The summed E-state index contributed by atoms with van der Waals surface area (Å²) in [7, 11) is 2.13. The summed E-state index contributed by atoms with van der Waals surface area (Å²) in [6.07, 6.45) is 3.43. The lowest BCUT2D eigenvalue weighted by Crippen LogP contribution is -2.40. The Hall–Kier alpha value is -0.380. The van der Waals surface area contributed by atoms with Crippen molar-refractivity contribution in [1.29, 1.82) is 0 Å². The van der Waals surface area contributed by atoms with E-state index in [1.54, 1.807) is 0 Å². The molecule has 0 aliphatic carbocycles. The Bertz CT molecular complexity index is 464. The standard InChI is InChI=1S/C18H32N4OS.HI/c1-3-19-18(21(2)11-8-17-7-6-16-24-17)20-9-4-5-10-22-12-14-23-15-13-22;/h6-7,16H,3-5,8-15H2,1-2H3,(H,19,20);1H. The number of thiophene rings is 1. The van der Waals surface area contributed by atoms with Crippen LogP contribution in [-0.4, -0.2) is 75.3 Å². The first-order chi connectivity index (χ1) is 11.8. The van der Waals surface area contributed by atoms with Crippen molar-refractivity contribution in [2.24, 2.45) is 4.99 Å². The topological polar surface area (TPSA) is 40.1 Å². The average molecular weight is 480 g/mol. The fourth-order valence-corrected chi connectivity index (χ4v) is 3.46. The molecular weight excluding hydrogens is 447 g/mol. The van der Waals surface area contributed by atoms with Crippen LogP contribution in [0.4, 0.5) is 0 Å². The summed E-state index contributed by atoms with van der Waals surface area (Å²) >= 11 is 1.83. The molecule has 1 aliphatic rings. The van der Waals surface area contributed by atoms with E-state index in [0.717, 1.165) is 64.7 Å². The highest BCUT2D eigenvalue weighted by Gasteiger charge is 2.09. The SMILES string of the molecule is CCNC(=NCCCCN1CCOCC1)N(C)CCc1cccs1.I. The largest absolute Gasteiger partial charge is 0.379 e. The second-order valence-electron chi connectivity index (χ2n) is 6.15. The zero-order valence-corrected chi connectivity index (χ0v) is 18.7. The molecule has 1 aromatic heterocycles. The first-order valence-corrected chi connectivity index (χ1v) is 9.99. The first kappa shape index (κ1) is 22.7. The molecule has 0 spiro atoms. The molecule has 25 heavy (non-hydrogen) atoms. The summed E-state index contributed by atoms with van der Waals surface area (Å²) in [4.78, 5) is 11.0. The smallest absolute Gasteiger partial charge is 0.193 e. The number of likely N-dealkylation sites (N-methyl/N-ethyl adjacent to an activating group) is 1. The average Bonchev–Trinajstić information content (AvgIpc) is 3.13. The van der Waals surface area contributed by atoms with Crippen molar-refractivity contribution in [2.75, 3.05) is 59.5 Å². The Morgan fingerprint density at radius 1 is 1.36 bits per heavy atom. The minimum atomic E-state index is 0. The second-order valence-corrected chi connectivity index (χ2v) is 7.18. The van der Waals surface area contributed by atoms with E-state index >= 15 is 0 Å². The third-order valence-electron chi connectivity index (χ3n) is 4.22. The zero-order valence-electron chi connectivity index (χ0n) is 15.6. The summed E-state index contributed by atoms with van der Waals surface area (Å²) in [5.74, 6) is 1.03. The Labute approximate surface area is 173 Å². The number of hydrogen-bond donors (Lipinski definition) is 1. The van der Waals surface area contributed by atoms with Gasteiger partial charge < -0.3 is 15.0 Å². The number of unbranched alkanes of at least 4 members (excludes halogenated alkanes) is 1. The summed E-state index contributed by atoms with van der Waals surface area (Å²) in [6, 6.07) is 4.32. The van der Waals surface area contributed by atoms with Crippen LogP contribution in [0.5, 0.6) is 0 Å². The Balaban J connectivity index is 0.00000312. The summed E-state index contributed by atoms with van der Waals surface area (Å²) < 4.78 is 5.39. The normalized spacial score (nSPS) is 15.7. The van der Waals surface area contributed by atoms with Crippen molar-refractivity contribution < 1.29 is 4.74 Å². The molecule has 0 saturated carbocycles. The van der Waals surface area contributed by atoms with Crippen molar-refractivity contribution in [1.82, 2.24) is 15.1 Å². The molecule has 1 N–H and O–H groups in total. The second kappa shape index (κ2) is 13.8. The van der Waals surface area contributed by atoms with E-state index in [4.69, 9.17) is 9.73 Å². The van der Waals surface area contributed by atoms with Gasteiger partial charge >= 0.3 is 0 Å². The van der Waals surface area contributed by atoms with Crippen LogP contribution in [0.25, 0.3) is 0 Å². The Morgan fingerprint density at radius 3 is 2.84 bits per heavy atom. The fourth-order valence-electron chi connectivity index (χ4n) is 2.77. The number of aliphatic imine (C=N–C) groups is 1. The van der Waals surface area contributed by atoms with Gasteiger partial charge in [-0.25, -0.2) is 0 Å². The lowest BCUT2D eigenvalue weighted by atomic mass is 10.3. The first-order valence-electron chi connectivity index (χ1n) is 9.11. The summed E-state index contributed by atoms with van der Waals surface area (Å²) in [5.41, 5.74) is 0. The van der Waals surface area contributed by atoms with Crippen molar-refractivity contribution in [3.05, 3.63) is 22.4 Å². The van der Waals surface area contributed by atoms with Crippen LogP contribution in [0.2, 0.25) is 0 Å². The molecule has 0 bridgehead atoms. The van der Waals surface area contributed by atoms with E-state index in [-0.39, 0.29) is 24.0 Å². The highest BCUT2D eigenvalue weighted by molar-refractivity contribution is 14.0. The molecule has 0 radical (unpaired) electrons. The number of ether oxygens (including phenoxy) is 1. The van der Waals surface area contributed by atoms with Gasteiger partial charge in [0.2, 0.25) is 0 Å². The van der Waals surface area contributed by atoms with E-state index in [1.807, 2.05) is 11.3 Å². The van der Waals surface area contributed by atoms with Crippen LogP contribution in [0.3, 0.4) is 0 Å². The maximum atomic E-state index is 5.39. The number of halogens is 1. The molecule has 2 heterocycles. The number of guanidine groups is 1. The van der Waals surface area contributed by atoms with E-state index in [1.165, 1.54) is 17.8 Å². The third kappa shape index (κ3) is 9.21. The molecule has 0 aromatic carbocycles. The van der Waals surface area contributed by atoms with Crippen molar-refractivity contribution in [3.63, 3.8) is 0 Å². The Kier molecular flexibility index (Phi) is 12.5. The molecule has 2 rings (SSSR count). The number of hydrogen-bond acceptors (Lipinski definition) is 4. The summed E-state index contributed by atoms with van der Waals surface area (Å²) in [5, 5.41) is 5.55. The van der Waals surface area contributed by atoms with Gasteiger partial charge in [-0.05, 0) is 44.2 Å². The molecule has 5 nitrogen and oxygen atoms in total. The minimum absolute atomic E-state index is 0. The van der Waals surface area contributed by atoms with Crippen LogP contribution in [0.15, 0.2) is 22.5 Å². The van der Waals surface area contributed by atoms with Crippen LogP contribution in [0, 0.1) is 0 Å². The number of morpholine rings is 1. The predicted octanol–water partition coefficient (Wildman–Crippen LogP) is 2.92. The molecule has 0 unspecified atom stereocenters. The van der Waals surface area contributed by atoms with Crippen molar-refractivity contribution in [3.8, 4) is 0 Å². The highest BCUT2D eigenvalue weighted by atomic mass is 127. The zero-order chi connectivity index (χ0) is 17.0. The molecule has 144 valence electrons. The minimum Gasteiger partial charge on any atom is -0.379 e. The van der Waals surface area contributed by atoms with Gasteiger partial charge in [0, 0.05) is 44.6 Å². The monoisotopic (exact) mass is 480 g/mol. The third-order valence-corrected chi connectivity index (χ3v) is 5.15. The molecule has 1 aromatic rings. The van der Waals surface area contributed by atoms with Gasteiger partial charge in [0.1, 0.15) is 0 Å². The number of nitrogens with one attached hydrogen (secondary N) is 1. The van der Waals surface area contributed by atoms with Crippen LogP contribution in [-0.2, 0) is 11.2 Å². The van der Waals surface area contributed by atoms with Crippen LogP contribution >= 0.6 is 35.3 Å². The lowest BCUT2D eigenvalue weighted by molar-refractivity contribution is 0.0373. The predicted molar refractivity (Wildman–Crippen MR) is 119 cm³/mol. The van der Waals surface area contributed by atoms with Gasteiger partial charge in [0.05, 0.1) is 13.2 Å². The summed E-state index contributed by atoms with van der Waals surface area (Å²) in [6.45, 7) is 10.0. The number of rotatable bonds is 9. The fraction of sp³-hybridized carbons (Fsp3) is 0.722.